The lowest BCUT2D eigenvalue weighted by Crippen LogP contribution is -2.50. The van der Waals surface area contributed by atoms with E-state index >= 15 is 0 Å². The average Bonchev–Trinajstić information content (AvgIpc) is 2.67. The van der Waals surface area contributed by atoms with Crippen molar-refractivity contribution in [1.82, 2.24) is 15.5 Å². The van der Waals surface area contributed by atoms with Crippen LogP contribution in [0.1, 0.15) is 31.9 Å². The van der Waals surface area contributed by atoms with Crippen molar-refractivity contribution in [2.24, 2.45) is 10.9 Å². The van der Waals surface area contributed by atoms with E-state index in [0.717, 1.165) is 51.9 Å². The quantitative estimate of drug-likeness (QED) is 0.511. The largest absolute Gasteiger partial charge is 0.377 e. The lowest BCUT2D eigenvalue weighted by molar-refractivity contribution is -0.0284. The molecule has 6 heteroatoms. The lowest BCUT2D eigenvalue weighted by atomic mass is 10.1. The number of rotatable bonds is 9. The summed E-state index contributed by atoms with van der Waals surface area (Å²) in [5, 5.41) is 6.76. The van der Waals surface area contributed by atoms with Crippen LogP contribution in [0.25, 0.3) is 0 Å². The summed E-state index contributed by atoms with van der Waals surface area (Å²) in [6, 6.07) is 8.48. The van der Waals surface area contributed by atoms with Gasteiger partial charge in [0.15, 0.2) is 5.96 Å². The van der Waals surface area contributed by atoms with Crippen LogP contribution in [0.4, 0.5) is 0 Å². The highest BCUT2D eigenvalue weighted by Crippen LogP contribution is 2.08. The molecular weight excluding hydrogens is 340 g/mol. The zero-order valence-corrected chi connectivity index (χ0v) is 17.3. The van der Waals surface area contributed by atoms with Crippen LogP contribution in [0.15, 0.2) is 29.3 Å². The molecule has 0 spiro atoms. The standard InChI is InChI=1S/C21H36N4O2/c1-5-26-16-19-8-6-18(7-9-19)12-23-21(22-4)24-13-20-15-25(10-11-27-20)14-17(2)3/h6-9,17,20H,5,10-16H2,1-4H3,(H2,22,23,24). The highest BCUT2D eigenvalue weighted by atomic mass is 16.5. The Hall–Kier alpha value is -1.63. The molecule has 152 valence electrons. The predicted octanol–water partition coefficient (Wildman–Crippen LogP) is 2.24. The third kappa shape index (κ3) is 8.28. The summed E-state index contributed by atoms with van der Waals surface area (Å²) in [7, 11) is 1.80. The third-order valence-electron chi connectivity index (χ3n) is 4.52. The van der Waals surface area contributed by atoms with Gasteiger partial charge in [0.1, 0.15) is 0 Å². The van der Waals surface area contributed by atoms with E-state index in [0.29, 0.717) is 12.5 Å². The van der Waals surface area contributed by atoms with E-state index in [1.165, 1.54) is 11.1 Å². The maximum absolute atomic E-state index is 5.89. The fourth-order valence-corrected chi connectivity index (χ4v) is 3.18. The maximum Gasteiger partial charge on any atom is 0.191 e. The summed E-state index contributed by atoms with van der Waals surface area (Å²) in [5.74, 6) is 1.49. The van der Waals surface area contributed by atoms with Crippen LogP contribution < -0.4 is 10.6 Å². The fourth-order valence-electron chi connectivity index (χ4n) is 3.18. The molecule has 1 aliphatic rings. The average molecular weight is 377 g/mol. The topological polar surface area (TPSA) is 58.1 Å². The van der Waals surface area contributed by atoms with Crippen LogP contribution in [-0.4, -0.2) is 63.4 Å². The van der Waals surface area contributed by atoms with E-state index in [1.807, 2.05) is 6.92 Å². The molecule has 6 nitrogen and oxygen atoms in total. The van der Waals surface area contributed by atoms with Gasteiger partial charge in [0.2, 0.25) is 0 Å². The van der Waals surface area contributed by atoms with Gasteiger partial charge in [0, 0.05) is 46.4 Å². The van der Waals surface area contributed by atoms with Gasteiger partial charge in [-0.15, -0.1) is 0 Å². The van der Waals surface area contributed by atoms with Crippen LogP contribution in [-0.2, 0) is 22.6 Å². The van der Waals surface area contributed by atoms with Crippen LogP contribution in [0, 0.1) is 5.92 Å². The molecule has 1 fully saturated rings. The first-order valence-electron chi connectivity index (χ1n) is 10.0. The molecule has 0 bridgehead atoms. The first-order chi connectivity index (χ1) is 13.1. The molecule has 0 radical (unpaired) electrons. The fraction of sp³-hybridized carbons (Fsp3) is 0.667. The summed E-state index contributed by atoms with van der Waals surface area (Å²) in [6.07, 6.45) is 0.203. The minimum Gasteiger partial charge on any atom is -0.377 e. The molecule has 0 aromatic heterocycles. The summed E-state index contributed by atoms with van der Waals surface area (Å²) < 4.78 is 11.3. The Morgan fingerprint density at radius 3 is 2.67 bits per heavy atom. The Labute approximate surface area is 164 Å². The summed E-state index contributed by atoms with van der Waals surface area (Å²) >= 11 is 0. The molecule has 1 saturated heterocycles. The van der Waals surface area contributed by atoms with Crippen molar-refractivity contribution in [3.8, 4) is 0 Å². The maximum atomic E-state index is 5.89. The van der Waals surface area contributed by atoms with Gasteiger partial charge in [-0.1, -0.05) is 38.1 Å². The van der Waals surface area contributed by atoms with Gasteiger partial charge in [-0.25, -0.2) is 0 Å². The third-order valence-corrected chi connectivity index (χ3v) is 4.52. The first-order valence-corrected chi connectivity index (χ1v) is 10.0. The Morgan fingerprint density at radius 2 is 2.00 bits per heavy atom. The Morgan fingerprint density at radius 1 is 1.26 bits per heavy atom. The van der Waals surface area contributed by atoms with E-state index < -0.39 is 0 Å². The molecule has 1 atom stereocenters. The van der Waals surface area contributed by atoms with E-state index in [-0.39, 0.29) is 6.10 Å². The first kappa shape index (κ1) is 21.7. The number of nitrogens with zero attached hydrogens (tertiary/aromatic N) is 2. The second-order valence-corrected chi connectivity index (χ2v) is 7.41. The van der Waals surface area contributed by atoms with Crippen LogP contribution in [0.5, 0.6) is 0 Å². The van der Waals surface area contributed by atoms with E-state index in [2.05, 4.69) is 58.6 Å². The van der Waals surface area contributed by atoms with Crippen LogP contribution in [0.2, 0.25) is 0 Å². The van der Waals surface area contributed by atoms with Crippen molar-refractivity contribution in [3.63, 3.8) is 0 Å². The molecule has 1 aromatic rings. The van der Waals surface area contributed by atoms with Gasteiger partial charge in [-0.3, -0.25) is 9.89 Å². The van der Waals surface area contributed by atoms with Crippen LogP contribution in [0.3, 0.4) is 0 Å². The molecule has 1 heterocycles. The van der Waals surface area contributed by atoms with Crippen molar-refractivity contribution >= 4 is 5.96 Å². The molecule has 0 amide bonds. The second-order valence-electron chi connectivity index (χ2n) is 7.41. The number of aliphatic imine (C=N–C) groups is 1. The normalized spacial score (nSPS) is 18.7. The highest BCUT2D eigenvalue weighted by Gasteiger charge is 2.21. The molecule has 27 heavy (non-hydrogen) atoms. The van der Waals surface area contributed by atoms with E-state index in [4.69, 9.17) is 9.47 Å². The smallest absolute Gasteiger partial charge is 0.191 e. The molecular formula is C21H36N4O2. The number of guanidine groups is 1. The zero-order valence-electron chi connectivity index (χ0n) is 17.3. The number of benzene rings is 1. The van der Waals surface area contributed by atoms with Gasteiger partial charge in [-0.2, -0.15) is 0 Å². The number of ether oxygens (including phenoxy) is 2. The SMILES string of the molecule is CCOCc1ccc(CNC(=NC)NCC2CN(CC(C)C)CCO2)cc1. The van der Waals surface area contributed by atoms with Gasteiger partial charge >= 0.3 is 0 Å². The van der Waals surface area contributed by atoms with Crippen LogP contribution >= 0.6 is 0 Å². The van der Waals surface area contributed by atoms with E-state index in [9.17, 15) is 0 Å². The monoisotopic (exact) mass is 376 g/mol. The second kappa shape index (κ2) is 12.0. The Kier molecular flexibility index (Phi) is 9.59. The van der Waals surface area contributed by atoms with E-state index in [1.54, 1.807) is 7.05 Å². The molecule has 2 rings (SSSR count). The highest BCUT2D eigenvalue weighted by molar-refractivity contribution is 5.79. The number of nitrogens with one attached hydrogen (secondary N) is 2. The number of hydrogen-bond donors (Lipinski definition) is 2. The summed E-state index contributed by atoms with van der Waals surface area (Å²) in [4.78, 5) is 6.80. The predicted molar refractivity (Wildman–Crippen MR) is 111 cm³/mol. The van der Waals surface area contributed by atoms with Crippen molar-refractivity contribution < 1.29 is 9.47 Å². The van der Waals surface area contributed by atoms with Crippen molar-refractivity contribution in [3.05, 3.63) is 35.4 Å². The molecule has 0 aliphatic carbocycles. The van der Waals surface area contributed by atoms with Crippen molar-refractivity contribution in [1.29, 1.82) is 0 Å². The number of morpholine rings is 1. The lowest BCUT2D eigenvalue weighted by Gasteiger charge is -2.34. The minimum atomic E-state index is 0.203. The van der Waals surface area contributed by atoms with Crippen molar-refractivity contribution in [2.75, 3.05) is 46.4 Å². The van der Waals surface area contributed by atoms with Crippen molar-refractivity contribution in [2.45, 2.75) is 40.0 Å². The summed E-state index contributed by atoms with van der Waals surface area (Å²) in [5.41, 5.74) is 2.42. The molecule has 1 aromatic carbocycles. The van der Waals surface area contributed by atoms with Gasteiger partial charge in [0.05, 0.1) is 19.3 Å². The Balaban J connectivity index is 1.72. The van der Waals surface area contributed by atoms with Gasteiger partial charge < -0.3 is 20.1 Å². The molecule has 1 aliphatic heterocycles. The minimum absolute atomic E-state index is 0.203. The zero-order chi connectivity index (χ0) is 19.5. The van der Waals surface area contributed by atoms with Gasteiger partial charge in [0.25, 0.3) is 0 Å². The molecule has 0 saturated carbocycles. The van der Waals surface area contributed by atoms with Gasteiger partial charge in [-0.05, 0) is 24.0 Å². The molecule has 1 unspecified atom stereocenters. The molecule has 2 N–H and O–H groups in total. The Bertz CT molecular complexity index is 560. The summed E-state index contributed by atoms with van der Waals surface area (Å²) in [6.45, 7) is 13.4. The number of hydrogen-bond acceptors (Lipinski definition) is 4.